The lowest BCUT2D eigenvalue weighted by molar-refractivity contribution is -0.137. The summed E-state index contributed by atoms with van der Waals surface area (Å²) in [5.74, 6) is -0.585. The number of amides is 1. The molecule has 0 saturated carbocycles. The normalized spacial score (nSPS) is 10.5. The standard InChI is InChI=1S/C14H19ClN2O4/c1-9(2)8-21-14-11(15)6-10(7-17-14)13(20)16-5-3-4-12(18)19/h6-7,9H,3-5,8H2,1-2H3,(H,16,20)(H,18,19). The van der Waals surface area contributed by atoms with Crippen LogP contribution in [-0.2, 0) is 4.79 Å². The van der Waals surface area contributed by atoms with Crippen LogP contribution in [0, 0.1) is 5.92 Å². The summed E-state index contributed by atoms with van der Waals surface area (Å²) in [6.45, 7) is 4.79. The lowest BCUT2D eigenvalue weighted by Gasteiger charge is -2.10. The first-order valence-corrected chi connectivity index (χ1v) is 7.06. The molecule has 0 spiro atoms. The third kappa shape index (κ3) is 6.44. The van der Waals surface area contributed by atoms with E-state index in [1.54, 1.807) is 0 Å². The molecule has 1 aromatic rings. The maximum atomic E-state index is 11.8. The van der Waals surface area contributed by atoms with Crippen LogP contribution in [0.2, 0.25) is 5.02 Å². The molecule has 0 aliphatic heterocycles. The third-order valence-electron chi connectivity index (χ3n) is 2.48. The van der Waals surface area contributed by atoms with Gasteiger partial charge in [0.2, 0.25) is 5.88 Å². The van der Waals surface area contributed by atoms with Crippen LogP contribution in [-0.4, -0.2) is 35.1 Å². The summed E-state index contributed by atoms with van der Waals surface area (Å²) in [5.41, 5.74) is 0.312. The molecule has 1 heterocycles. The number of carboxylic acids is 1. The molecule has 6 nitrogen and oxygen atoms in total. The summed E-state index contributed by atoms with van der Waals surface area (Å²) in [7, 11) is 0. The summed E-state index contributed by atoms with van der Waals surface area (Å²) < 4.78 is 5.42. The van der Waals surface area contributed by atoms with Crippen molar-refractivity contribution in [2.24, 2.45) is 5.92 Å². The van der Waals surface area contributed by atoms with Crippen LogP contribution in [0.4, 0.5) is 0 Å². The second-order valence-corrected chi connectivity index (χ2v) is 5.38. The van der Waals surface area contributed by atoms with Crippen LogP contribution in [0.15, 0.2) is 12.3 Å². The summed E-state index contributed by atoms with van der Waals surface area (Å²) in [6.07, 6.45) is 1.77. The summed E-state index contributed by atoms with van der Waals surface area (Å²) in [6, 6.07) is 1.48. The van der Waals surface area contributed by atoms with E-state index in [0.717, 1.165) is 0 Å². The Morgan fingerprint density at radius 3 is 2.76 bits per heavy atom. The second kappa shape index (κ2) is 8.46. The van der Waals surface area contributed by atoms with Gasteiger partial charge in [-0.05, 0) is 18.4 Å². The van der Waals surface area contributed by atoms with Crippen molar-refractivity contribution in [2.45, 2.75) is 26.7 Å². The van der Waals surface area contributed by atoms with E-state index < -0.39 is 5.97 Å². The number of pyridine rings is 1. The van der Waals surface area contributed by atoms with Gasteiger partial charge < -0.3 is 15.2 Å². The molecule has 0 radical (unpaired) electrons. The summed E-state index contributed by atoms with van der Waals surface area (Å²) >= 11 is 6.01. The number of carbonyl (C=O) groups is 2. The second-order valence-electron chi connectivity index (χ2n) is 4.97. The highest BCUT2D eigenvalue weighted by molar-refractivity contribution is 6.32. The topological polar surface area (TPSA) is 88.5 Å². The van der Waals surface area contributed by atoms with E-state index in [2.05, 4.69) is 10.3 Å². The molecule has 1 amide bonds. The fourth-order valence-electron chi connectivity index (χ4n) is 1.44. The predicted octanol–water partition coefficient (Wildman–Crippen LogP) is 2.36. The smallest absolute Gasteiger partial charge is 0.303 e. The molecule has 1 rings (SSSR count). The summed E-state index contributed by atoms with van der Waals surface area (Å²) in [4.78, 5) is 26.2. The monoisotopic (exact) mass is 314 g/mol. The van der Waals surface area contributed by atoms with Crippen molar-refractivity contribution in [3.63, 3.8) is 0 Å². The Kier molecular flexibility index (Phi) is 6.94. The first kappa shape index (κ1) is 17.2. The van der Waals surface area contributed by atoms with E-state index in [-0.39, 0.29) is 23.9 Å². The Morgan fingerprint density at radius 1 is 1.48 bits per heavy atom. The van der Waals surface area contributed by atoms with Crippen LogP contribution in [0.3, 0.4) is 0 Å². The Labute approximate surface area is 128 Å². The molecule has 1 aromatic heterocycles. The molecular formula is C14H19ClN2O4. The molecule has 0 aliphatic carbocycles. The van der Waals surface area contributed by atoms with E-state index in [1.807, 2.05) is 13.8 Å². The number of aliphatic carboxylic acids is 1. The molecule has 116 valence electrons. The van der Waals surface area contributed by atoms with Gasteiger partial charge in [-0.25, -0.2) is 4.98 Å². The molecule has 7 heteroatoms. The van der Waals surface area contributed by atoms with Crippen molar-refractivity contribution in [3.05, 3.63) is 22.8 Å². The van der Waals surface area contributed by atoms with Crippen molar-refractivity contribution in [1.82, 2.24) is 10.3 Å². The Balaban J connectivity index is 2.53. The molecule has 21 heavy (non-hydrogen) atoms. The molecule has 0 saturated heterocycles. The van der Waals surface area contributed by atoms with E-state index in [9.17, 15) is 9.59 Å². The first-order valence-electron chi connectivity index (χ1n) is 6.68. The van der Waals surface area contributed by atoms with Crippen LogP contribution in [0.25, 0.3) is 0 Å². The first-order chi connectivity index (χ1) is 9.90. The number of ether oxygens (including phenoxy) is 1. The van der Waals surface area contributed by atoms with Crippen molar-refractivity contribution in [3.8, 4) is 5.88 Å². The highest BCUT2D eigenvalue weighted by Crippen LogP contribution is 2.22. The van der Waals surface area contributed by atoms with Crippen molar-refractivity contribution in [2.75, 3.05) is 13.2 Å². The highest BCUT2D eigenvalue weighted by atomic mass is 35.5. The third-order valence-corrected chi connectivity index (χ3v) is 2.75. The zero-order valence-corrected chi connectivity index (χ0v) is 12.8. The van der Waals surface area contributed by atoms with Crippen LogP contribution >= 0.6 is 11.6 Å². The van der Waals surface area contributed by atoms with Gasteiger partial charge in [0.1, 0.15) is 5.02 Å². The van der Waals surface area contributed by atoms with Crippen LogP contribution in [0.1, 0.15) is 37.0 Å². The van der Waals surface area contributed by atoms with Gasteiger partial charge in [0.05, 0.1) is 12.2 Å². The minimum Gasteiger partial charge on any atom is -0.481 e. The van der Waals surface area contributed by atoms with Gasteiger partial charge in [-0.1, -0.05) is 25.4 Å². The zero-order chi connectivity index (χ0) is 15.8. The number of nitrogens with one attached hydrogen (secondary N) is 1. The molecule has 0 aromatic carbocycles. The van der Waals surface area contributed by atoms with Gasteiger partial charge in [-0.2, -0.15) is 0 Å². The van der Waals surface area contributed by atoms with E-state index in [4.69, 9.17) is 21.4 Å². The molecule has 0 bridgehead atoms. The lowest BCUT2D eigenvalue weighted by atomic mass is 10.2. The Bertz CT molecular complexity index is 506. The molecule has 2 N–H and O–H groups in total. The lowest BCUT2D eigenvalue weighted by Crippen LogP contribution is -2.25. The van der Waals surface area contributed by atoms with Crippen molar-refractivity contribution >= 4 is 23.5 Å². The number of halogens is 1. The largest absolute Gasteiger partial charge is 0.481 e. The quantitative estimate of drug-likeness (QED) is 0.719. The minimum atomic E-state index is -0.888. The van der Waals surface area contributed by atoms with Gasteiger partial charge >= 0.3 is 5.97 Å². The average Bonchev–Trinajstić information content (AvgIpc) is 2.41. The van der Waals surface area contributed by atoms with E-state index in [1.165, 1.54) is 12.3 Å². The maximum Gasteiger partial charge on any atom is 0.303 e. The number of carboxylic acid groups (broad SMARTS) is 1. The zero-order valence-electron chi connectivity index (χ0n) is 12.1. The van der Waals surface area contributed by atoms with Crippen LogP contribution < -0.4 is 10.1 Å². The number of hydrogen-bond donors (Lipinski definition) is 2. The van der Waals surface area contributed by atoms with Crippen LogP contribution in [0.5, 0.6) is 5.88 Å². The Hall–Kier alpha value is -1.82. The van der Waals surface area contributed by atoms with Crippen molar-refractivity contribution in [1.29, 1.82) is 0 Å². The number of hydrogen-bond acceptors (Lipinski definition) is 4. The van der Waals surface area contributed by atoms with Gasteiger partial charge in [0, 0.05) is 19.2 Å². The number of nitrogens with zero attached hydrogens (tertiary/aromatic N) is 1. The molecule has 0 aliphatic rings. The van der Waals surface area contributed by atoms with Gasteiger partial charge in [0.15, 0.2) is 0 Å². The fourth-order valence-corrected chi connectivity index (χ4v) is 1.67. The number of carbonyl (C=O) groups excluding carboxylic acids is 1. The highest BCUT2D eigenvalue weighted by Gasteiger charge is 2.11. The maximum absolute atomic E-state index is 11.8. The van der Waals surface area contributed by atoms with Gasteiger partial charge in [-0.15, -0.1) is 0 Å². The minimum absolute atomic E-state index is 0.0151. The van der Waals surface area contributed by atoms with E-state index >= 15 is 0 Å². The van der Waals surface area contributed by atoms with E-state index in [0.29, 0.717) is 30.4 Å². The SMILES string of the molecule is CC(C)COc1ncc(C(=O)NCCCC(=O)O)cc1Cl. The van der Waals surface area contributed by atoms with Crippen molar-refractivity contribution < 1.29 is 19.4 Å². The predicted molar refractivity (Wildman–Crippen MR) is 78.8 cm³/mol. The fraction of sp³-hybridized carbons (Fsp3) is 0.500. The molecular weight excluding hydrogens is 296 g/mol. The molecule has 0 fully saturated rings. The van der Waals surface area contributed by atoms with Gasteiger partial charge in [-0.3, -0.25) is 9.59 Å². The average molecular weight is 315 g/mol. The number of aromatic nitrogens is 1. The molecule has 0 unspecified atom stereocenters. The summed E-state index contributed by atoms with van der Waals surface area (Å²) in [5, 5.41) is 11.4. The number of rotatable bonds is 8. The Morgan fingerprint density at radius 2 is 2.19 bits per heavy atom. The molecule has 0 atom stereocenters. The van der Waals surface area contributed by atoms with Gasteiger partial charge in [0.25, 0.3) is 5.91 Å².